The summed E-state index contributed by atoms with van der Waals surface area (Å²) in [5.74, 6) is 0.790. The Hall–Kier alpha value is -1.81. The van der Waals surface area contributed by atoms with Crippen molar-refractivity contribution in [3.8, 4) is 11.4 Å². The standard InChI is InChI=1S/C14H18N2O2/c1-10-12(8-9-17)11(2)16(15-10)13-6-4-5-7-14(13)18-3/h4-7,17H,8-9H2,1-3H3. The van der Waals surface area contributed by atoms with Gasteiger partial charge in [-0.25, -0.2) is 4.68 Å². The van der Waals surface area contributed by atoms with Crippen molar-refractivity contribution >= 4 is 0 Å². The average Bonchev–Trinajstić information content (AvgIpc) is 2.67. The molecule has 0 fully saturated rings. The number of aromatic nitrogens is 2. The highest BCUT2D eigenvalue weighted by Crippen LogP contribution is 2.25. The zero-order valence-corrected chi connectivity index (χ0v) is 11.0. The van der Waals surface area contributed by atoms with Crippen molar-refractivity contribution in [1.82, 2.24) is 9.78 Å². The largest absolute Gasteiger partial charge is 0.494 e. The minimum absolute atomic E-state index is 0.138. The first kappa shape index (κ1) is 12.6. The van der Waals surface area contributed by atoms with Gasteiger partial charge in [-0.3, -0.25) is 0 Å². The zero-order chi connectivity index (χ0) is 13.1. The highest BCUT2D eigenvalue weighted by atomic mass is 16.5. The Morgan fingerprint density at radius 1 is 1.28 bits per heavy atom. The molecule has 4 heteroatoms. The minimum atomic E-state index is 0.138. The molecule has 0 atom stereocenters. The van der Waals surface area contributed by atoms with E-state index in [-0.39, 0.29) is 6.61 Å². The van der Waals surface area contributed by atoms with Crippen LogP contribution in [0.1, 0.15) is 17.0 Å². The summed E-state index contributed by atoms with van der Waals surface area (Å²) in [5, 5.41) is 13.6. The van der Waals surface area contributed by atoms with Gasteiger partial charge in [-0.05, 0) is 38.0 Å². The summed E-state index contributed by atoms with van der Waals surface area (Å²) in [6.45, 7) is 4.11. The number of nitrogens with zero attached hydrogens (tertiary/aromatic N) is 2. The van der Waals surface area contributed by atoms with Crippen LogP contribution in [0.15, 0.2) is 24.3 Å². The van der Waals surface area contributed by atoms with Crippen molar-refractivity contribution in [2.24, 2.45) is 0 Å². The summed E-state index contributed by atoms with van der Waals surface area (Å²) in [6.07, 6.45) is 0.632. The number of hydrogen-bond donors (Lipinski definition) is 1. The van der Waals surface area contributed by atoms with E-state index in [1.54, 1.807) is 7.11 Å². The van der Waals surface area contributed by atoms with Crippen LogP contribution in [0.25, 0.3) is 5.69 Å². The molecule has 1 aromatic carbocycles. The third-order valence-corrected chi connectivity index (χ3v) is 3.12. The molecule has 0 aliphatic carbocycles. The normalized spacial score (nSPS) is 10.7. The van der Waals surface area contributed by atoms with Crippen molar-refractivity contribution < 1.29 is 9.84 Å². The third-order valence-electron chi connectivity index (χ3n) is 3.12. The van der Waals surface area contributed by atoms with Crippen molar-refractivity contribution in [2.75, 3.05) is 13.7 Å². The lowest BCUT2D eigenvalue weighted by atomic mass is 10.1. The molecule has 0 bridgehead atoms. The quantitative estimate of drug-likeness (QED) is 0.898. The summed E-state index contributed by atoms with van der Waals surface area (Å²) >= 11 is 0. The highest BCUT2D eigenvalue weighted by molar-refractivity contribution is 5.48. The van der Waals surface area contributed by atoms with Crippen molar-refractivity contribution in [3.05, 3.63) is 41.2 Å². The van der Waals surface area contributed by atoms with Crippen LogP contribution in [-0.4, -0.2) is 28.6 Å². The first-order chi connectivity index (χ1) is 8.69. The van der Waals surface area contributed by atoms with Gasteiger partial charge < -0.3 is 9.84 Å². The molecule has 0 unspecified atom stereocenters. The maximum atomic E-state index is 9.09. The second kappa shape index (κ2) is 5.23. The average molecular weight is 246 g/mol. The molecular formula is C14H18N2O2. The van der Waals surface area contributed by atoms with E-state index in [1.807, 2.05) is 42.8 Å². The number of aliphatic hydroxyl groups excluding tert-OH is 1. The molecule has 0 aliphatic rings. The second-order valence-corrected chi connectivity index (χ2v) is 4.21. The predicted octanol–water partition coefficient (Wildman–Crippen LogP) is 2.03. The Kier molecular flexibility index (Phi) is 3.67. The second-order valence-electron chi connectivity index (χ2n) is 4.21. The van der Waals surface area contributed by atoms with Crippen LogP contribution in [0.5, 0.6) is 5.75 Å². The molecule has 2 rings (SSSR count). The van der Waals surface area contributed by atoms with Crippen LogP contribution < -0.4 is 4.74 Å². The molecule has 1 N–H and O–H groups in total. The molecule has 0 saturated carbocycles. The van der Waals surface area contributed by atoms with Crippen LogP contribution in [0.4, 0.5) is 0 Å². The lowest BCUT2D eigenvalue weighted by Crippen LogP contribution is -2.02. The summed E-state index contributed by atoms with van der Waals surface area (Å²) in [4.78, 5) is 0. The SMILES string of the molecule is COc1ccccc1-n1nc(C)c(CCO)c1C. The van der Waals surface area contributed by atoms with Gasteiger partial charge in [0.2, 0.25) is 0 Å². The maximum absolute atomic E-state index is 9.09. The van der Waals surface area contributed by atoms with Crippen LogP contribution in [0.2, 0.25) is 0 Å². The van der Waals surface area contributed by atoms with Gasteiger partial charge in [-0.15, -0.1) is 0 Å². The first-order valence-electron chi connectivity index (χ1n) is 5.98. The number of para-hydroxylation sites is 2. The summed E-state index contributed by atoms with van der Waals surface area (Å²) in [7, 11) is 1.65. The van der Waals surface area contributed by atoms with E-state index in [0.717, 1.165) is 28.4 Å². The fraction of sp³-hybridized carbons (Fsp3) is 0.357. The number of ether oxygens (including phenoxy) is 1. The molecule has 0 spiro atoms. The molecule has 18 heavy (non-hydrogen) atoms. The molecular weight excluding hydrogens is 228 g/mol. The topological polar surface area (TPSA) is 47.3 Å². The van der Waals surface area contributed by atoms with E-state index in [4.69, 9.17) is 9.84 Å². The van der Waals surface area contributed by atoms with Crippen LogP contribution in [0, 0.1) is 13.8 Å². The Morgan fingerprint density at radius 3 is 2.67 bits per heavy atom. The number of methoxy groups -OCH3 is 1. The molecule has 0 radical (unpaired) electrons. The Labute approximate surface area is 107 Å². The summed E-state index contributed by atoms with van der Waals surface area (Å²) < 4.78 is 7.23. The molecule has 1 aromatic heterocycles. The van der Waals surface area contributed by atoms with Crippen LogP contribution in [0.3, 0.4) is 0 Å². The van der Waals surface area contributed by atoms with Gasteiger partial charge in [0.05, 0.1) is 12.8 Å². The van der Waals surface area contributed by atoms with Crippen LogP contribution >= 0.6 is 0 Å². The van der Waals surface area contributed by atoms with Gasteiger partial charge in [-0.1, -0.05) is 12.1 Å². The van der Waals surface area contributed by atoms with Gasteiger partial charge >= 0.3 is 0 Å². The van der Waals surface area contributed by atoms with Gasteiger partial charge in [0.15, 0.2) is 0 Å². The predicted molar refractivity (Wildman–Crippen MR) is 70.4 cm³/mol. The van der Waals surface area contributed by atoms with Gasteiger partial charge in [0, 0.05) is 12.3 Å². The molecule has 0 saturated heterocycles. The lowest BCUT2D eigenvalue weighted by molar-refractivity contribution is 0.299. The minimum Gasteiger partial charge on any atom is -0.494 e. The van der Waals surface area contributed by atoms with E-state index < -0.39 is 0 Å². The maximum Gasteiger partial charge on any atom is 0.144 e. The Bertz CT molecular complexity index is 547. The lowest BCUT2D eigenvalue weighted by Gasteiger charge is -2.10. The van der Waals surface area contributed by atoms with Crippen molar-refractivity contribution in [1.29, 1.82) is 0 Å². The number of aliphatic hydroxyl groups is 1. The number of rotatable bonds is 4. The number of hydrogen-bond acceptors (Lipinski definition) is 3. The molecule has 1 heterocycles. The molecule has 96 valence electrons. The van der Waals surface area contributed by atoms with E-state index in [0.29, 0.717) is 6.42 Å². The molecule has 0 aliphatic heterocycles. The third kappa shape index (κ3) is 2.11. The molecule has 4 nitrogen and oxygen atoms in total. The van der Waals surface area contributed by atoms with E-state index in [1.165, 1.54) is 0 Å². The highest BCUT2D eigenvalue weighted by Gasteiger charge is 2.14. The van der Waals surface area contributed by atoms with E-state index in [9.17, 15) is 0 Å². The molecule has 0 amide bonds. The summed E-state index contributed by atoms with van der Waals surface area (Å²) in [5.41, 5.74) is 4.02. The van der Waals surface area contributed by atoms with Gasteiger partial charge in [0.25, 0.3) is 0 Å². The van der Waals surface area contributed by atoms with Gasteiger partial charge in [0.1, 0.15) is 11.4 Å². The molecule has 2 aromatic rings. The fourth-order valence-electron chi connectivity index (χ4n) is 2.19. The van der Waals surface area contributed by atoms with E-state index in [2.05, 4.69) is 5.10 Å². The van der Waals surface area contributed by atoms with Gasteiger partial charge in [-0.2, -0.15) is 5.10 Å². The monoisotopic (exact) mass is 246 g/mol. The number of benzene rings is 1. The smallest absolute Gasteiger partial charge is 0.144 e. The Balaban J connectivity index is 2.54. The zero-order valence-electron chi connectivity index (χ0n) is 11.0. The summed E-state index contributed by atoms with van der Waals surface area (Å²) in [6, 6.07) is 7.78. The number of aryl methyl sites for hydroxylation is 1. The van der Waals surface area contributed by atoms with Crippen LogP contribution in [-0.2, 0) is 6.42 Å². The fourth-order valence-corrected chi connectivity index (χ4v) is 2.19. The van der Waals surface area contributed by atoms with Crippen molar-refractivity contribution in [2.45, 2.75) is 20.3 Å². The van der Waals surface area contributed by atoms with Crippen molar-refractivity contribution in [3.63, 3.8) is 0 Å². The van der Waals surface area contributed by atoms with E-state index >= 15 is 0 Å². The Morgan fingerprint density at radius 2 is 2.00 bits per heavy atom. The first-order valence-corrected chi connectivity index (χ1v) is 5.98.